The molecular formula is C21H19FN2O2S2. The Bertz CT molecular complexity index is 1010. The molecule has 1 aliphatic carbocycles. The topological polar surface area (TPSA) is 58.2 Å². The van der Waals surface area contributed by atoms with Crippen molar-refractivity contribution in [1.29, 1.82) is 0 Å². The highest BCUT2D eigenvalue weighted by Crippen LogP contribution is 2.40. The van der Waals surface area contributed by atoms with Gasteiger partial charge in [0.25, 0.3) is 11.8 Å². The summed E-state index contributed by atoms with van der Waals surface area (Å²) in [5, 5.41) is 8.19. The Balaban J connectivity index is 1.66. The highest BCUT2D eigenvalue weighted by atomic mass is 32.1. The maximum absolute atomic E-state index is 13.1. The second kappa shape index (κ2) is 7.85. The first-order valence-corrected chi connectivity index (χ1v) is 10.8. The summed E-state index contributed by atoms with van der Waals surface area (Å²) in [6.45, 7) is 2.20. The number of anilines is 2. The maximum Gasteiger partial charge on any atom is 0.266 e. The molecule has 0 spiro atoms. The second-order valence-electron chi connectivity index (χ2n) is 6.95. The number of nitrogens with one attached hydrogen (secondary N) is 2. The number of thiophene rings is 2. The van der Waals surface area contributed by atoms with Gasteiger partial charge in [-0.15, -0.1) is 22.7 Å². The fourth-order valence-corrected chi connectivity index (χ4v) is 5.40. The average molecular weight is 415 g/mol. The molecule has 1 atom stereocenters. The van der Waals surface area contributed by atoms with Crippen molar-refractivity contribution in [3.63, 3.8) is 0 Å². The first-order valence-electron chi connectivity index (χ1n) is 9.07. The molecule has 144 valence electrons. The molecule has 0 fully saturated rings. The maximum atomic E-state index is 13.1. The van der Waals surface area contributed by atoms with Crippen LogP contribution in [0.3, 0.4) is 0 Å². The summed E-state index contributed by atoms with van der Waals surface area (Å²) < 4.78 is 13.1. The molecule has 0 bridgehead atoms. The van der Waals surface area contributed by atoms with Crippen LogP contribution >= 0.6 is 22.7 Å². The third-order valence-electron chi connectivity index (χ3n) is 4.81. The summed E-state index contributed by atoms with van der Waals surface area (Å²) in [5.41, 5.74) is 2.07. The van der Waals surface area contributed by atoms with Crippen molar-refractivity contribution in [1.82, 2.24) is 0 Å². The predicted molar refractivity (Wildman–Crippen MR) is 112 cm³/mol. The monoisotopic (exact) mass is 414 g/mol. The van der Waals surface area contributed by atoms with Gasteiger partial charge in [-0.05, 0) is 66.5 Å². The van der Waals surface area contributed by atoms with Gasteiger partial charge >= 0.3 is 0 Å². The van der Waals surface area contributed by atoms with Crippen LogP contribution in [0.4, 0.5) is 15.1 Å². The molecule has 0 saturated heterocycles. The first kappa shape index (κ1) is 18.8. The lowest BCUT2D eigenvalue weighted by molar-refractivity contribution is 0.102. The smallest absolute Gasteiger partial charge is 0.266 e. The largest absolute Gasteiger partial charge is 0.322 e. The van der Waals surface area contributed by atoms with Gasteiger partial charge in [-0.2, -0.15) is 0 Å². The minimum atomic E-state index is -0.358. The highest BCUT2D eigenvalue weighted by molar-refractivity contribution is 7.17. The van der Waals surface area contributed by atoms with Gasteiger partial charge in [0.15, 0.2) is 0 Å². The Hall–Kier alpha value is -2.51. The molecule has 1 aliphatic rings. The Morgan fingerprint density at radius 3 is 2.61 bits per heavy atom. The van der Waals surface area contributed by atoms with Gasteiger partial charge < -0.3 is 10.6 Å². The molecule has 0 saturated carbocycles. The number of carbonyl (C=O) groups excluding carboxylic acids is 2. The number of fused-ring (bicyclic) bond motifs is 1. The van der Waals surface area contributed by atoms with Crippen LogP contribution in [0.15, 0.2) is 41.8 Å². The van der Waals surface area contributed by atoms with Gasteiger partial charge in [-0.3, -0.25) is 9.59 Å². The van der Waals surface area contributed by atoms with E-state index < -0.39 is 0 Å². The molecule has 0 radical (unpaired) electrons. The molecule has 28 heavy (non-hydrogen) atoms. The number of benzene rings is 1. The van der Waals surface area contributed by atoms with Crippen LogP contribution in [-0.2, 0) is 12.8 Å². The number of hydrogen-bond acceptors (Lipinski definition) is 4. The van der Waals surface area contributed by atoms with E-state index in [2.05, 4.69) is 17.6 Å². The SMILES string of the molecule is CC1CCc2c(sc(NC(=O)c3cccs3)c2C(=O)Nc2ccc(F)cc2)C1. The average Bonchev–Trinajstić information content (AvgIpc) is 3.31. The summed E-state index contributed by atoms with van der Waals surface area (Å²) in [6.07, 6.45) is 2.73. The predicted octanol–water partition coefficient (Wildman–Crippen LogP) is 5.58. The quantitative estimate of drug-likeness (QED) is 0.586. The van der Waals surface area contributed by atoms with Crippen LogP contribution in [0.1, 0.15) is 43.8 Å². The van der Waals surface area contributed by atoms with Crippen molar-refractivity contribution in [3.8, 4) is 0 Å². The van der Waals surface area contributed by atoms with E-state index in [-0.39, 0.29) is 17.6 Å². The van der Waals surface area contributed by atoms with Gasteiger partial charge in [0, 0.05) is 10.6 Å². The summed E-state index contributed by atoms with van der Waals surface area (Å²) in [7, 11) is 0. The molecule has 3 aromatic rings. The summed E-state index contributed by atoms with van der Waals surface area (Å²) in [6, 6.07) is 9.24. The van der Waals surface area contributed by atoms with Crippen molar-refractivity contribution in [2.75, 3.05) is 10.6 Å². The Morgan fingerprint density at radius 1 is 1.11 bits per heavy atom. The number of halogens is 1. The fraction of sp³-hybridized carbons (Fsp3) is 0.238. The molecule has 1 unspecified atom stereocenters. The molecule has 2 amide bonds. The van der Waals surface area contributed by atoms with Crippen molar-refractivity contribution in [2.45, 2.75) is 26.2 Å². The van der Waals surface area contributed by atoms with Gasteiger partial charge in [-0.1, -0.05) is 13.0 Å². The highest BCUT2D eigenvalue weighted by Gasteiger charge is 2.28. The van der Waals surface area contributed by atoms with Gasteiger partial charge in [0.1, 0.15) is 10.8 Å². The van der Waals surface area contributed by atoms with E-state index in [1.54, 1.807) is 6.07 Å². The van der Waals surface area contributed by atoms with E-state index in [0.717, 1.165) is 29.7 Å². The Kier molecular flexibility index (Phi) is 5.28. The minimum absolute atomic E-state index is 0.211. The van der Waals surface area contributed by atoms with E-state index in [9.17, 15) is 14.0 Å². The second-order valence-corrected chi connectivity index (χ2v) is 9.00. The lowest BCUT2D eigenvalue weighted by Gasteiger charge is -2.18. The number of rotatable bonds is 4. The number of amides is 2. The number of hydrogen-bond donors (Lipinski definition) is 2. The van der Waals surface area contributed by atoms with Crippen molar-refractivity contribution >= 4 is 45.2 Å². The molecule has 4 nitrogen and oxygen atoms in total. The molecular weight excluding hydrogens is 395 g/mol. The molecule has 2 aromatic heterocycles. The van der Waals surface area contributed by atoms with Crippen molar-refractivity contribution in [3.05, 3.63) is 68.5 Å². The van der Waals surface area contributed by atoms with E-state index in [4.69, 9.17) is 0 Å². The van der Waals surface area contributed by atoms with Gasteiger partial charge in [0.05, 0.1) is 10.4 Å². The summed E-state index contributed by atoms with van der Waals surface area (Å²) in [4.78, 5) is 27.4. The van der Waals surface area contributed by atoms with Crippen LogP contribution in [0.2, 0.25) is 0 Å². The van der Waals surface area contributed by atoms with E-state index in [1.807, 2.05) is 11.4 Å². The lowest BCUT2D eigenvalue weighted by Crippen LogP contribution is -2.19. The zero-order chi connectivity index (χ0) is 19.7. The molecule has 2 heterocycles. The molecule has 4 rings (SSSR count). The zero-order valence-corrected chi connectivity index (χ0v) is 16.9. The van der Waals surface area contributed by atoms with E-state index >= 15 is 0 Å². The fourth-order valence-electron chi connectivity index (χ4n) is 3.38. The van der Waals surface area contributed by atoms with Crippen LogP contribution < -0.4 is 10.6 Å². The standard InChI is InChI=1S/C21H19FN2O2S2/c1-12-4-9-15-17(11-12)28-21(24-19(25)16-3-2-10-27-16)18(15)20(26)23-14-7-5-13(22)6-8-14/h2-3,5-8,10,12H,4,9,11H2,1H3,(H,23,26)(H,24,25). The van der Waals surface area contributed by atoms with Gasteiger partial charge in [0.2, 0.25) is 0 Å². The van der Waals surface area contributed by atoms with Crippen LogP contribution in [0, 0.1) is 11.7 Å². The summed E-state index contributed by atoms with van der Waals surface area (Å²) in [5.74, 6) is -0.290. The number of carbonyl (C=O) groups is 2. The zero-order valence-electron chi connectivity index (χ0n) is 15.3. The summed E-state index contributed by atoms with van der Waals surface area (Å²) >= 11 is 2.84. The van der Waals surface area contributed by atoms with E-state index in [0.29, 0.717) is 27.0 Å². The Morgan fingerprint density at radius 2 is 1.89 bits per heavy atom. The van der Waals surface area contributed by atoms with Crippen LogP contribution in [0.5, 0.6) is 0 Å². The minimum Gasteiger partial charge on any atom is -0.322 e. The van der Waals surface area contributed by atoms with Crippen molar-refractivity contribution in [2.24, 2.45) is 5.92 Å². The van der Waals surface area contributed by atoms with Crippen LogP contribution in [0.25, 0.3) is 0 Å². The molecule has 2 N–H and O–H groups in total. The lowest BCUT2D eigenvalue weighted by atomic mass is 9.88. The molecule has 7 heteroatoms. The molecule has 0 aliphatic heterocycles. The van der Waals surface area contributed by atoms with Crippen molar-refractivity contribution < 1.29 is 14.0 Å². The van der Waals surface area contributed by atoms with Crippen LogP contribution in [-0.4, -0.2) is 11.8 Å². The first-order chi connectivity index (χ1) is 13.5. The third kappa shape index (κ3) is 3.86. The van der Waals surface area contributed by atoms with E-state index in [1.165, 1.54) is 46.9 Å². The molecule has 1 aromatic carbocycles. The Labute approximate surface area is 170 Å². The third-order valence-corrected chi connectivity index (χ3v) is 6.85. The normalized spacial score (nSPS) is 15.7. The van der Waals surface area contributed by atoms with Gasteiger partial charge in [-0.25, -0.2) is 4.39 Å².